The third-order valence-electron chi connectivity index (χ3n) is 5.30. The summed E-state index contributed by atoms with van der Waals surface area (Å²) in [7, 11) is 0. The molecular weight excluding hydrogens is 447 g/mol. The molecule has 0 saturated heterocycles. The number of carbonyl (C=O) groups is 2. The summed E-state index contributed by atoms with van der Waals surface area (Å²) in [5, 5.41) is 4.43. The molecule has 0 spiro atoms. The van der Waals surface area contributed by atoms with Gasteiger partial charge in [0.1, 0.15) is 0 Å². The number of rotatable bonds is 2. The summed E-state index contributed by atoms with van der Waals surface area (Å²) >= 11 is 0. The molecule has 5 rings (SSSR count). The molecule has 1 aliphatic rings. The number of hydrogen-bond acceptors (Lipinski definition) is 4. The summed E-state index contributed by atoms with van der Waals surface area (Å²) in [6, 6.07) is 6.94. The van der Waals surface area contributed by atoms with Crippen molar-refractivity contribution in [3.8, 4) is 5.69 Å². The van der Waals surface area contributed by atoms with Crippen LogP contribution in [0.4, 0.5) is 27.6 Å². The number of fused-ring (bicyclic) bond motifs is 3. The topological polar surface area (TPSA) is 68.1 Å². The molecule has 4 aromatic rings. The molecule has 2 amide bonds. The van der Waals surface area contributed by atoms with Crippen LogP contribution in [-0.4, -0.2) is 26.6 Å². The Bertz CT molecular complexity index is 1490. The minimum atomic E-state index is -4.66. The fourth-order valence-corrected chi connectivity index (χ4v) is 3.81. The van der Waals surface area contributed by atoms with Gasteiger partial charge in [0.15, 0.2) is 17.3 Å². The Labute approximate surface area is 181 Å². The number of imide groups is 1. The molecule has 166 valence electrons. The van der Waals surface area contributed by atoms with Gasteiger partial charge in [0, 0.05) is 12.3 Å². The summed E-state index contributed by atoms with van der Waals surface area (Å²) in [6.45, 7) is 1.53. The molecule has 2 aromatic heterocycles. The number of benzene rings is 2. The lowest BCUT2D eigenvalue weighted by molar-refractivity contribution is -0.137. The maximum Gasteiger partial charge on any atom is 0.416 e. The molecule has 2 aromatic carbocycles. The lowest BCUT2D eigenvalue weighted by atomic mass is 10.1. The van der Waals surface area contributed by atoms with Crippen LogP contribution in [-0.2, 0) is 6.18 Å². The molecule has 3 heterocycles. The van der Waals surface area contributed by atoms with Crippen molar-refractivity contribution in [1.82, 2.24) is 14.8 Å². The monoisotopic (exact) mass is 458 g/mol. The van der Waals surface area contributed by atoms with Gasteiger partial charge in [-0.05, 0) is 37.3 Å². The molecule has 11 heteroatoms. The zero-order valence-corrected chi connectivity index (χ0v) is 16.6. The first-order valence-electron chi connectivity index (χ1n) is 9.47. The summed E-state index contributed by atoms with van der Waals surface area (Å²) in [6.07, 6.45) is -3.55. The second kappa shape index (κ2) is 6.92. The second-order valence-corrected chi connectivity index (χ2v) is 7.33. The number of anilines is 1. The van der Waals surface area contributed by atoms with E-state index in [0.717, 1.165) is 30.5 Å². The van der Waals surface area contributed by atoms with E-state index in [9.17, 15) is 31.5 Å². The average molecular weight is 458 g/mol. The zero-order valence-electron chi connectivity index (χ0n) is 16.6. The van der Waals surface area contributed by atoms with Crippen molar-refractivity contribution in [2.75, 3.05) is 4.90 Å². The van der Waals surface area contributed by atoms with Gasteiger partial charge in [-0.1, -0.05) is 6.07 Å². The third-order valence-corrected chi connectivity index (χ3v) is 5.30. The number of alkyl halides is 3. The van der Waals surface area contributed by atoms with Crippen molar-refractivity contribution in [2.24, 2.45) is 0 Å². The van der Waals surface area contributed by atoms with E-state index in [1.807, 2.05) is 0 Å². The predicted octanol–water partition coefficient (Wildman–Crippen LogP) is 4.83. The lowest BCUT2D eigenvalue weighted by Crippen LogP contribution is -2.29. The Morgan fingerprint density at radius 3 is 2.36 bits per heavy atom. The van der Waals surface area contributed by atoms with Gasteiger partial charge < -0.3 is 0 Å². The highest BCUT2D eigenvalue weighted by molar-refractivity contribution is 6.37. The molecule has 0 unspecified atom stereocenters. The molecule has 0 atom stereocenters. The number of carbonyl (C=O) groups excluding carboxylic acids is 2. The number of aryl methyl sites for hydroxylation is 1. The van der Waals surface area contributed by atoms with Gasteiger partial charge in [0.2, 0.25) is 0 Å². The number of nitrogens with zero attached hydrogens (tertiary/aromatic N) is 4. The Hall–Kier alpha value is -4.15. The molecule has 1 aliphatic heterocycles. The van der Waals surface area contributed by atoms with Crippen molar-refractivity contribution >= 4 is 28.5 Å². The van der Waals surface area contributed by atoms with Crippen molar-refractivity contribution in [1.29, 1.82) is 0 Å². The number of amides is 2. The molecule has 0 aliphatic carbocycles. The van der Waals surface area contributed by atoms with Gasteiger partial charge in [-0.2, -0.15) is 18.3 Å². The Balaban J connectivity index is 1.67. The number of aromatic nitrogens is 3. The van der Waals surface area contributed by atoms with Crippen LogP contribution >= 0.6 is 0 Å². The number of halogens is 5. The Kier molecular flexibility index (Phi) is 4.35. The van der Waals surface area contributed by atoms with Crippen LogP contribution in [0.15, 0.2) is 48.7 Å². The third kappa shape index (κ3) is 3.07. The van der Waals surface area contributed by atoms with Gasteiger partial charge in [-0.15, -0.1) is 0 Å². The van der Waals surface area contributed by atoms with Gasteiger partial charge in [-0.25, -0.2) is 23.3 Å². The molecule has 0 saturated carbocycles. The van der Waals surface area contributed by atoms with E-state index in [1.54, 1.807) is 0 Å². The van der Waals surface area contributed by atoms with E-state index >= 15 is 0 Å². The molecular formula is C22H11F5N4O2. The number of pyridine rings is 1. The first kappa shape index (κ1) is 20.7. The van der Waals surface area contributed by atoms with Crippen LogP contribution in [0.1, 0.15) is 32.0 Å². The van der Waals surface area contributed by atoms with E-state index in [0.29, 0.717) is 11.0 Å². The second-order valence-electron chi connectivity index (χ2n) is 7.33. The molecule has 33 heavy (non-hydrogen) atoms. The van der Waals surface area contributed by atoms with Crippen molar-refractivity contribution < 1.29 is 31.5 Å². The van der Waals surface area contributed by atoms with E-state index in [2.05, 4.69) is 10.1 Å². The highest BCUT2D eigenvalue weighted by Gasteiger charge is 2.41. The molecule has 0 N–H and O–H groups in total. The Morgan fingerprint density at radius 2 is 1.67 bits per heavy atom. The maximum atomic E-state index is 13.7. The summed E-state index contributed by atoms with van der Waals surface area (Å²) in [4.78, 5) is 31.0. The highest BCUT2D eigenvalue weighted by Crippen LogP contribution is 2.37. The fraction of sp³-hybridized carbons (Fsp3) is 0.0909. The van der Waals surface area contributed by atoms with E-state index in [-0.39, 0.29) is 39.2 Å². The fourth-order valence-electron chi connectivity index (χ4n) is 3.81. The van der Waals surface area contributed by atoms with Crippen LogP contribution in [0.25, 0.3) is 16.7 Å². The average Bonchev–Trinajstić information content (AvgIpc) is 3.23. The first-order chi connectivity index (χ1) is 15.6. The standard InChI is InChI=1S/C22H11F5N4O2/c1-10-17-18-14(9-28-19(17)31(29-10)13-5-6-15(23)16(24)8-13)20(32)30(21(18)33)12-4-2-3-11(7-12)22(25,26)27/h2-9H,1H3. The minimum Gasteiger partial charge on any atom is -0.268 e. The normalized spacial score (nSPS) is 13.8. The predicted molar refractivity (Wildman–Crippen MR) is 106 cm³/mol. The van der Waals surface area contributed by atoms with Crippen LogP contribution in [0.5, 0.6) is 0 Å². The van der Waals surface area contributed by atoms with Gasteiger partial charge >= 0.3 is 6.18 Å². The van der Waals surface area contributed by atoms with Crippen molar-refractivity contribution in [3.05, 3.63) is 82.7 Å². The lowest BCUT2D eigenvalue weighted by Gasteiger charge is -2.16. The van der Waals surface area contributed by atoms with E-state index in [1.165, 1.54) is 23.7 Å². The van der Waals surface area contributed by atoms with Crippen molar-refractivity contribution in [3.63, 3.8) is 0 Å². The van der Waals surface area contributed by atoms with Crippen LogP contribution in [0, 0.1) is 18.6 Å². The summed E-state index contributed by atoms with van der Waals surface area (Å²) in [5.41, 5.74) is -0.926. The van der Waals surface area contributed by atoms with Crippen LogP contribution < -0.4 is 4.90 Å². The van der Waals surface area contributed by atoms with Crippen molar-refractivity contribution in [2.45, 2.75) is 13.1 Å². The SMILES string of the molecule is Cc1nn(-c2ccc(F)c(F)c2)c2ncc3c(c12)C(=O)N(c1cccc(C(F)(F)F)c1)C3=O. The summed E-state index contributed by atoms with van der Waals surface area (Å²) < 4.78 is 67.7. The van der Waals surface area contributed by atoms with E-state index < -0.39 is 35.2 Å². The maximum absolute atomic E-state index is 13.7. The summed E-state index contributed by atoms with van der Waals surface area (Å²) in [5.74, 6) is -3.84. The molecule has 6 nitrogen and oxygen atoms in total. The molecule has 0 radical (unpaired) electrons. The van der Waals surface area contributed by atoms with Crippen LogP contribution in [0.3, 0.4) is 0 Å². The van der Waals surface area contributed by atoms with Crippen LogP contribution in [0.2, 0.25) is 0 Å². The van der Waals surface area contributed by atoms with Gasteiger partial charge in [-0.3, -0.25) is 9.59 Å². The quantitative estimate of drug-likeness (QED) is 0.319. The number of hydrogen-bond donors (Lipinski definition) is 0. The molecule has 0 fully saturated rings. The van der Waals surface area contributed by atoms with E-state index in [4.69, 9.17) is 0 Å². The largest absolute Gasteiger partial charge is 0.416 e. The zero-order chi connectivity index (χ0) is 23.7. The smallest absolute Gasteiger partial charge is 0.268 e. The van der Waals surface area contributed by atoms with Gasteiger partial charge in [0.25, 0.3) is 11.8 Å². The molecule has 0 bridgehead atoms. The Morgan fingerprint density at radius 1 is 0.909 bits per heavy atom. The first-order valence-corrected chi connectivity index (χ1v) is 9.47. The minimum absolute atomic E-state index is 0.0752. The van der Waals surface area contributed by atoms with Gasteiger partial charge in [0.05, 0.1) is 39.1 Å². The highest BCUT2D eigenvalue weighted by atomic mass is 19.4.